The number of rotatable bonds is 5. The Morgan fingerprint density at radius 3 is 2.47 bits per heavy atom. The van der Waals surface area contributed by atoms with Gasteiger partial charge >= 0.3 is 6.09 Å². The maximum Gasteiger partial charge on any atom is 0.407 e. The molecule has 0 unspecified atom stereocenters. The van der Waals surface area contributed by atoms with Crippen molar-refractivity contribution in [3.63, 3.8) is 0 Å². The first-order chi connectivity index (χ1) is 8.89. The molecular formula is C15H30N2O2. The molecule has 0 aromatic carbocycles. The molecule has 1 amide bonds. The summed E-state index contributed by atoms with van der Waals surface area (Å²) in [5, 5.41) is 2.88. The van der Waals surface area contributed by atoms with Crippen LogP contribution in [-0.4, -0.2) is 43.3 Å². The third-order valence-corrected chi connectivity index (χ3v) is 3.93. The van der Waals surface area contributed by atoms with Crippen molar-refractivity contribution >= 4 is 6.09 Å². The number of amides is 1. The summed E-state index contributed by atoms with van der Waals surface area (Å²) in [6.45, 7) is 12.3. The first-order valence-corrected chi connectivity index (χ1v) is 7.55. The van der Waals surface area contributed by atoms with Gasteiger partial charge in [-0.25, -0.2) is 4.79 Å². The number of hydrogen-bond donors (Lipinski definition) is 1. The molecule has 0 saturated carbocycles. The van der Waals surface area contributed by atoms with E-state index in [1.165, 1.54) is 32.4 Å². The molecule has 1 atom stereocenters. The summed E-state index contributed by atoms with van der Waals surface area (Å²) in [5.74, 6) is 0. The lowest BCUT2D eigenvalue weighted by atomic mass is 9.88. The fourth-order valence-corrected chi connectivity index (χ4v) is 2.07. The van der Waals surface area contributed by atoms with Crippen molar-refractivity contribution in [3.05, 3.63) is 0 Å². The van der Waals surface area contributed by atoms with E-state index in [0.717, 1.165) is 13.0 Å². The van der Waals surface area contributed by atoms with Gasteiger partial charge in [0.25, 0.3) is 0 Å². The van der Waals surface area contributed by atoms with Gasteiger partial charge in [0.1, 0.15) is 0 Å². The van der Waals surface area contributed by atoms with Gasteiger partial charge in [0.05, 0.1) is 6.61 Å². The third-order valence-electron chi connectivity index (χ3n) is 3.93. The Bertz CT molecular complexity index is 268. The average Bonchev–Trinajstić information content (AvgIpc) is 2.35. The van der Waals surface area contributed by atoms with Gasteiger partial charge in [0.15, 0.2) is 0 Å². The standard InChI is InChI=1S/C15H30N2O2/c1-13(15(2,3)4)16-14(18)19-12-8-11-17-9-6-5-7-10-17/h13H,5-12H2,1-4H3,(H,16,18)/t13-/m0/s1. The zero-order valence-corrected chi connectivity index (χ0v) is 13.0. The van der Waals surface area contributed by atoms with Crippen molar-refractivity contribution in [3.8, 4) is 0 Å². The molecular weight excluding hydrogens is 240 g/mol. The second-order valence-corrected chi connectivity index (χ2v) is 6.62. The van der Waals surface area contributed by atoms with Crippen LogP contribution in [0, 0.1) is 5.41 Å². The van der Waals surface area contributed by atoms with Gasteiger partial charge in [0, 0.05) is 12.6 Å². The van der Waals surface area contributed by atoms with Gasteiger partial charge in [0.2, 0.25) is 0 Å². The van der Waals surface area contributed by atoms with Gasteiger partial charge < -0.3 is 15.0 Å². The molecule has 112 valence electrons. The predicted octanol–water partition coefficient (Wildman–Crippen LogP) is 3.02. The van der Waals surface area contributed by atoms with E-state index in [1.54, 1.807) is 0 Å². The topological polar surface area (TPSA) is 41.6 Å². The van der Waals surface area contributed by atoms with Crippen LogP contribution in [0.5, 0.6) is 0 Å². The molecule has 1 fully saturated rings. The molecule has 0 radical (unpaired) electrons. The largest absolute Gasteiger partial charge is 0.450 e. The van der Waals surface area contributed by atoms with Gasteiger partial charge in [-0.3, -0.25) is 0 Å². The molecule has 1 N–H and O–H groups in total. The molecule has 0 aliphatic carbocycles. The minimum atomic E-state index is -0.291. The maximum absolute atomic E-state index is 11.6. The molecule has 1 rings (SSSR count). The number of hydrogen-bond acceptors (Lipinski definition) is 3. The molecule has 0 spiro atoms. The molecule has 1 aliphatic heterocycles. The highest BCUT2D eigenvalue weighted by molar-refractivity contribution is 5.67. The van der Waals surface area contributed by atoms with E-state index < -0.39 is 0 Å². The lowest BCUT2D eigenvalue weighted by Gasteiger charge is -2.28. The summed E-state index contributed by atoms with van der Waals surface area (Å²) in [6, 6.07) is 0.113. The number of alkyl carbamates (subject to hydrolysis) is 1. The minimum Gasteiger partial charge on any atom is -0.450 e. The third kappa shape index (κ3) is 6.81. The molecule has 0 bridgehead atoms. The van der Waals surface area contributed by atoms with Gasteiger partial charge in [-0.1, -0.05) is 27.2 Å². The summed E-state index contributed by atoms with van der Waals surface area (Å²) in [6.07, 6.45) is 4.62. The Labute approximate surface area is 117 Å². The van der Waals surface area contributed by atoms with Crippen LogP contribution < -0.4 is 5.32 Å². The maximum atomic E-state index is 11.6. The van der Waals surface area contributed by atoms with E-state index in [-0.39, 0.29) is 17.6 Å². The summed E-state index contributed by atoms with van der Waals surface area (Å²) in [7, 11) is 0. The Kier molecular flexibility index (Phi) is 6.63. The summed E-state index contributed by atoms with van der Waals surface area (Å²) in [5.41, 5.74) is 0.0623. The number of likely N-dealkylation sites (tertiary alicyclic amines) is 1. The molecule has 0 aromatic rings. The lowest BCUT2D eigenvalue weighted by molar-refractivity contribution is 0.125. The predicted molar refractivity (Wildman–Crippen MR) is 78.3 cm³/mol. The van der Waals surface area contributed by atoms with Crippen molar-refractivity contribution in [1.29, 1.82) is 0 Å². The van der Waals surface area contributed by atoms with Gasteiger partial charge in [-0.15, -0.1) is 0 Å². The molecule has 0 aromatic heterocycles. The molecule has 1 heterocycles. The molecule has 1 saturated heterocycles. The van der Waals surface area contributed by atoms with E-state index in [4.69, 9.17) is 4.74 Å². The van der Waals surface area contributed by atoms with Crippen molar-refractivity contribution in [2.24, 2.45) is 5.41 Å². The van der Waals surface area contributed by atoms with Crippen molar-refractivity contribution in [1.82, 2.24) is 10.2 Å². The number of carbonyl (C=O) groups is 1. The van der Waals surface area contributed by atoms with E-state index in [0.29, 0.717) is 6.61 Å². The first-order valence-electron chi connectivity index (χ1n) is 7.55. The second kappa shape index (κ2) is 7.73. The van der Waals surface area contributed by atoms with Gasteiger partial charge in [-0.2, -0.15) is 0 Å². The molecule has 19 heavy (non-hydrogen) atoms. The number of carbonyl (C=O) groups excluding carboxylic acids is 1. The van der Waals surface area contributed by atoms with Crippen LogP contribution in [0.15, 0.2) is 0 Å². The van der Waals surface area contributed by atoms with Crippen molar-refractivity contribution in [2.45, 2.75) is 59.4 Å². The zero-order valence-electron chi connectivity index (χ0n) is 13.0. The fraction of sp³-hybridized carbons (Fsp3) is 0.933. The van der Waals surface area contributed by atoms with Crippen molar-refractivity contribution in [2.75, 3.05) is 26.2 Å². The highest BCUT2D eigenvalue weighted by Crippen LogP contribution is 2.18. The number of nitrogens with zero attached hydrogens (tertiary/aromatic N) is 1. The average molecular weight is 270 g/mol. The highest BCUT2D eigenvalue weighted by Gasteiger charge is 2.22. The number of nitrogens with one attached hydrogen (secondary N) is 1. The Morgan fingerprint density at radius 2 is 1.89 bits per heavy atom. The van der Waals surface area contributed by atoms with E-state index in [2.05, 4.69) is 31.0 Å². The van der Waals surface area contributed by atoms with E-state index in [1.807, 2.05) is 6.92 Å². The smallest absolute Gasteiger partial charge is 0.407 e. The van der Waals surface area contributed by atoms with Crippen LogP contribution in [0.2, 0.25) is 0 Å². The Morgan fingerprint density at radius 1 is 1.26 bits per heavy atom. The first kappa shape index (κ1) is 16.3. The molecule has 4 heteroatoms. The Balaban J connectivity index is 2.07. The normalized spacial score (nSPS) is 18.9. The fourth-order valence-electron chi connectivity index (χ4n) is 2.07. The summed E-state index contributed by atoms with van der Waals surface area (Å²) >= 11 is 0. The van der Waals surface area contributed by atoms with E-state index >= 15 is 0 Å². The number of piperidine rings is 1. The zero-order chi connectivity index (χ0) is 14.3. The second-order valence-electron chi connectivity index (χ2n) is 6.62. The van der Waals surface area contributed by atoms with Crippen LogP contribution in [0.3, 0.4) is 0 Å². The Hall–Kier alpha value is -0.770. The van der Waals surface area contributed by atoms with Crippen LogP contribution in [-0.2, 0) is 4.74 Å². The molecule has 1 aliphatic rings. The van der Waals surface area contributed by atoms with Crippen LogP contribution in [0.25, 0.3) is 0 Å². The number of ether oxygens (including phenoxy) is 1. The van der Waals surface area contributed by atoms with Crippen molar-refractivity contribution < 1.29 is 9.53 Å². The quantitative estimate of drug-likeness (QED) is 0.781. The highest BCUT2D eigenvalue weighted by atomic mass is 16.5. The van der Waals surface area contributed by atoms with Crippen LogP contribution in [0.4, 0.5) is 4.79 Å². The van der Waals surface area contributed by atoms with E-state index in [9.17, 15) is 4.79 Å². The summed E-state index contributed by atoms with van der Waals surface area (Å²) < 4.78 is 5.22. The SMILES string of the molecule is C[C@H](NC(=O)OCCCN1CCCCC1)C(C)(C)C. The van der Waals surface area contributed by atoms with Crippen LogP contribution in [0.1, 0.15) is 53.4 Å². The van der Waals surface area contributed by atoms with Gasteiger partial charge in [-0.05, 0) is 44.7 Å². The monoisotopic (exact) mass is 270 g/mol. The van der Waals surface area contributed by atoms with Crippen LogP contribution >= 0.6 is 0 Å². The molecule has 4 nitrogen and oxygen atoms in total. The minimum absolute atomic E-state index is 0.0623. The summed E-state index contributed by atoms with van der Waals surface area (Å²) in [4.78, 5) is 14.1. The lowest BCUT2D eigenvalue weighted by Crippen LogP contribution is -2.41.